The van der Waals surface area contributed by atoms with E-state index in [1.165, 1.54) is 22.8 Å². The molecule has 0 spiro atoms. The monoisotopic (exact) mass is 333 g/mol. The highest BCUT2D eigenvalue weighted by molar-refractivity contribution is 7.89. The molecule has 21 heavy (non-hydrogen) atoms. The maximum absolute atomic E-state index is 12.6. The van der Waals surface area contributed by atoms with E-state index in [-0.39, 0.29) is 9.92 Å². The number of sulfonamides is 1. The molecule has 0 bridgehead atoms. The van der Waals surface area contributed by atoms with Crippen LogP contribution >= 0.6 is 11.6 Å². The van der Waals surface area contributed by atoms with Crippen LogP contribution in [0.4, 0.5) is 0 Å². The van der Waals surface area contributed by atoms with Crippen LogP contribution in [0.5, 0.6) is 0 Å². The minimum absolute atomic E-state index is 0.0806. The molecular formula is C13H20ClN3O3S. The molecule has 0 radical (unpaired) electrons. The fourth-order valence-electron chi connectivity index (χ4n) is 2.32. The van der Waals surface area contributed by atoms with Gasteiger partial charge < -0.3 is 4.74 Å². The standard InChI is InChI=1S/C13H20ClN3O3S/c1-20-10-9-16-5-2-6-17(8-7-16)21(18,19)13-11-15-4-3-12(13)14/h3-4,11H,2,5-10H2,1H3. The average molecular weight is 334 g/mol. The first-order valence-electron chi connectivity index (χ1n) is 6.86. The van der Waals surface area contributed by atoms with Crippen molar-refractivity contribution < 1.29 is 13.2 Å². The summed E-state index contributed by atoms with van der Waals surface area (Å²) in [6, 6.07) is 1.50. The highest BCUT2D eigenvalue weighted by atomic mass is 35.5. The maximum Gasteiger partial charge on any atom is 0.246 e. The SMILES string of the molecule is COCCN1CCCN(S(=O)(=O)c2cnccc2Cl)CC1. The van der Waals surface area contributed by atoms with Crippen LogP contribution < -0.4 is 0 Å². The van der Waals surface area contributed by atoms with Gasteiger partial charge >= 0.3 is 0 Å². The molecule has 2 heterocycles. The molecule has 1 aliphatic rings. The zero-order valence-electron chi connectivity index (χ0n) is 12.0. The Labute approximate surface area is 130 Å². The quantitative estimate of drug-likeness (QED) is 0.807. The fraction of sp³-hybridized carbons (Fsp3) is 0.615. The number of hydrogen-bond donors (Lipinski definition) is 0. The molecule has 0 atom stereocenters. The topological polar surface area (TPSA) is 62.7 Å². The van der Waals surface area contributed by atoms with Crippen LogP contribution in [-0.4, -0.2) is 69.0 Å². The van der Waals surface area contributed by atoms with E-state index >= 15 is 0 Å². The Hall–Kier alpha value is -0.730. The highest BCUT2D eigenvalue weighted by Gasteiger charge is 2.28. The summed E-state index contributed by atoms with van der Waals surface area (Å²) in [5.74, 6) is 0. The third kappa shape index (κ3) is 4.14. The molecule has 1 aliphatic heterocycles. The lowest BCUT2D eigenvalue weighted by Crippen LogP contribution is -2.36. The van der Waals surface area contributed by atoms with E-state index in [9.17, 15) is 8.42 Å². The first-order valence-corrected chi connectivity index (χ1v) is 8.68. The Morgan fingerprint density at radius 1 is 1.33 bits per heavy atom. The second-order valence-corrected chi connectivity index (χ2v) is 7.21. The molecule has 6 nitrogen and oxygen atoms in total. The van der Waals surface area contributed by atoms with Gasteiger partial charge in [-0.2, -0.15) is 4.31 Å². The minimum atomic E-state index is -3.58. The Kier molecular flexibility index (Phi) is 5.95. The van der Waals surface area contributed by atoms with E-state index in [1.54, 1.807) is 7.11 Å². The first-order chi connectivity index (χ1) is 10.1. The summed E-state index contributed by atoms with van der Waals surface area (Å²) in [5.41, 5.74) is 0. The number of methoxy groups -OCH3 is 1. The van der Waals surface area contributed by atoms with Crippen LogP contribution in [-0.2, 0) is 14.8 Å². The smallest absolute Gasteiger partial charge is 0.246 e. The molecule has 0 N–H and O–H groups in total. The molecule has 2 rings (SSSR count). The number of rotatable bonds is 5. The number of aromatic nitrogens is 1. The molecule has 1 fully saturated rings. The van der Waals surface area contributed by atoms with Crippen molar-refractivity contribution in [2.24, 2.45) is 0 Å². The van der Waals surface area contributed by atoms with E-state index in [1.807, 2.05) is 0 Å². The van der Waals surface area contributed by atoms with Crippen LogP contribution in [0.25, 0.3) is 0 Å². The van der Waals surface area contributed by atoms with Crippen LogP contribution in [0.2, 0.25) is 5.02 Å². The molecule has 1 aromatic rings. The Balaban J connectivity index is 2.09. The third-order valence-corrected chi connectivity index (χ3v) is 5.88. The molecule has 0 amide bonds. The zero-order chi connectivity index (χ0) is 15.3. The fourth-order valence-corrected chi connectivity index (χ4v) is 4.20. The van der Waals surface area contributed by atoms with Crippen molar-refractivity contribution in [2.45, 2.75) is 11.3 Å². The summed E-state index contributed by atoms with van der Waals surface area (Å²) in [6.07, 6.45) is 3.59. The lowest BCUT2D eigenvalue weighted by atomic mass is 10.4. The van der Waals surface area contributed by atoms with Gasteiger partial charge in [-0.05, 0) is 19.0 Å². The van der Waals surface area contributed by atoms with Crippen molar-refractivity contribution in [3.05, 3.63) is 23.5 Å². The van der Waals surface area contributed by atoms with E-state index in [4.69, 9.17) is 16.3 Å². The molecular weight excluding hydrogens is 314 g/mol. The Morgan fingerprint density at radius 3 is 2.86 bits per heavy atom. The second-order valence-electron chi connectivity index (χ2n) is 4.90. The lowest BCUT2D eigenvalue weighted by Gasteiger charge is -2.21. The van der Waals surface area contributed by atoms with Gasteiger partial charge in [0.1, 0.15) is 4.90 Å². The predicted octanol–water partition coefficient (Wildman–Crippen LogP) is 1.08. The van der Waals surface area contributed by atoms with Gasteiger partial charge in [-0.1, -0.05) is 11.6 Å². The van der Waals surface area contributed by atoms with Gasteiger partial charge in [0.2, 0.25) is 10.0 Å². The van der Waals surface area contributed by atoms with E-state index in [2.05, 4.69) is 9.88 Å². The largest absolute Gasteiger partial charge is 0.383 e. The Morgan fingerprint density at radius 2 is 2.14 bits per heavy atom. The summed E-state index contributed by atoms with van der Waals surface area (Å²) < 4.78 is 31.8. The molecule has 0 unspecified atom stereocenters. The lowest BCUT2D eigenvalue weighted by molar-refractivity contribution is 0.151. The third-order valence-electron chi connectivity index (χ3n) is 3.51. The number of ether oxygens (including phenoxy) is 1. The predicted molar refractivity (Wildman–Crippen MR) is 80.9 cm³/mol. The van der Waals surface area contributed by atoms with Gasteiger partial charge in [-0.3, -0.25) is 9.88 Å². The van der Waals surface area contributed by atoms with Crippen molar-refractivity contribution >= 4 is 21.6 Å². The normalized spacial score (nSPS) is 18.6. The van der Waals surface area contributed by atoms with Crippen molar-refractivity contribution in [2.75, 3.05) is 46.4 Å². The van der Waals surface area contributed by atoms with Gasteiger partial charge in [0.25, 0.3) is 0 Å². The van der Waals surface area contributed by atoms with E-state index in [0.29, 0.717) is 26.2 Å². The second kappa shape index (κ2) is 7.51. The van der Waals surface area contributed by atoms with E-state index in [0.717, 1.165) is 19.5 Å². The molecule has 0 saturated carbocycles. The Bertz CT molecular complexity index is 568. The maximum atomic E-state index is 12.6. The van der Waals surface area contributed by atoms with Crippen LogP contribution in [0.3, 0.4) is 0 Å². The number of halogens is 1. The average Bonchev–Trinajstić information content (AvgIpc) is 2.71. The number of pyridine rings is 1. The molecule has 1 saturated heterocycles. The number of hydrogen-bond acceptors (Lipinski definition) is 5. The van der Waals surface area contributed by atoms with Gasteiger partial charge in [0.05, 0.1) is 11.6 Å². The van der Waals surface area contributed by atoms with Crippen molar-refractivity contribution in [3.63, 3.8) is 0 Å². The molecule has 118 valence electrons. The zero-order valence-corrected chi connectivity index (χ0v) is 13.6. The number of nitrogens with zero attached hydrogens (tertiary/aromatic N) is 3. The summed E-state index contributed by atoms with van der Waals surface area (Å²) in [4.78, 5) is 6.16. The summed E-state index contributed by atoms with van der Waals surface area (Å²) in [7, 11) is -1.91. The van der Waals surface area contributed by atoms with Crippen molar-refractivity contribution in [1.29, 1.82) is 0 Å². The summed E-state index contributed by atoms with van der Waals surface area (Å²) >= 11 is 5.99. The highest BCUT2D eigenvalue weighted by Crippen LogP contribution is 2.24. The first kappa shape index (κ1) is 16.6. The van der Waals surface area contributed by atoms with Crippen LogP contribution in [0, 0.1) is 0 Å². The van der Waals surface area contributed by atoms with Gasteiger partial charge in [0.15, 0.2) is 0 Å². The molecule has 8 heteroatoms. The van der Waals surface area contributed by atoms with Gasteiger partial charge in [-0.15, -0.1) is 0 Å². The minimum Gasteiger partial charge on any atom is -0.383 e. The van der Waals surface area contributed by atoms with E-state index < -0.39 is 10.0 Å². The molecule has 0 aromatic carbocycles. The van der Waals surface area contributed by atoms with Crippen LogP contribution in [0.15, 0.2) is 23.4 Å². The summed E-state index contributed by atoms with van der Waals surface area (Å²) in [6.45, 7) is 3.99. The molecule has 0 aliphatic carbocycles. The van der Waals surface area contributed by atoms with Gasteiger partial charge in [0, 0.05) is 45.7 Å². The summed E-state index contributed by atoms with van der Waals surface area (Å²) in [5, 5.41) is 0.213. The van der Waals surface area contributed by atoms with Gasteiger partial charge in [-0.25, -0.2) is 8.42 Å². The van der Waals surface area contributed by atoms with Crippen molar-refractivity contribution in [3.8, 4) is 0 Å². The van der Waals surface area contributed by atoms with Crippen molar-refractivity contribution in [1.82, 2.24) is 14.2 Å². The molecule has 1 aromatic heterocycles. The van der Waals surface area contributed by atoms with Crippen LogP contribution in [0.1, 0.15) is 6.42 Å².